The number of nitrogens with zero attached hydrogens (tertiary/aromatic N) is 6. The van der Waals surface area contributed by atoms with Crippen molar-refractivity contribution in [1.29, 1.82) is 0 Å². The van der Waals surface area contributed by atoms with Crippen LogP contribution < -0.4 is 0 Å². The molecule has 3 aromatic rings. The van der Waals surface area contributed by atoms with E-state index in [1.807, 2.05) is 0 Å². The van der Waals surface area contributed by atoms with Crippen molar-refractivity contribution < 1.29 is 13.2 Å². The van der Waals surface area contributed by atoms with Gasteiger partial charge in [0.25, 0.3) is 0 Å². The molecule has 0 aliphatic heterocycles. The highest BCUT2D eigenvalue weighted by Crippen LogP contribution is 2.35. The summed E-state index contributed by atoms with van der Waals surface area (Å²) in [5.74, 6) is 0.177. The average Bonchev–Trinajstić information content (AvgIpc) is 3.09. The molecule has 0 spiro atoms. The number of aromatic nitrogens is 6. The van der Waals surface area contributed by atoms with Crippen LogP contribution in [-0.2, 0) is 6.18 Å². The highest BCUT2D eigenvalue weighted by Gasteiger charge is 2.35. The first-order valence-electron chi connectivity index (χ1n) is 5.37. The Labute approximate surface area is 124 Å². The topological polar surface area (TPSA) is 69.4 Å². The molecular weight excluding hydrogens is 329 g/mol. The van der Waals surface area contributed by atoms with Crippen LogP contribution in [0.25, 0.3) is 16.6 Å². The second-order valence-corrected chi connectivity index (χ2v) is 5.09. The van der Waals surface area contributed by atoms with Gasteiger partial charge in [-0.3, -0.25) is 4.57 Å². The van der Waals surface area contributed by atoms with Crippen LogP contribution >= 0.6 is 22.9 Å². The summed E-state index contributed by atoms with van der Waals surface area (Å²) in [5, 5.41) is -1.11. The first kappa shape index (κ1) is 13.9. The SMILES string of the molecule is FC(F)(F)c1ncc(-c2nc(Cl)nc(-n3ccnc3)n2)s1. The molecule has 3 aromatic heterocycles. The van der Waals surface area contributed by atoms with Gasteiger partial charge in [-0.1, -0.05) is 0 Å². The Morgan fingerprint density at radius 3 is 2.62 bits per heavy atom. The van der Waals surface area contributed by atoms with E-state index in [1.54, 1.807) is 6.20 Å². The zero-order valence-electron chi connectivity index (χ0n) is 9.91. The molecule has 0 aliphatic rings. The van der Waals surface area contributed by atoms with Gasteiger partial charge in [-0.25, -0.2) is 9.97 Å². The molecule has 11 heteroatoms. The van der Waals surface area contributed by atoms with Gasteiger partial charge >= 0.3 is 6.18 Å². The van der Waals surface area contributed by atoms with E-state index in [9.17, 15) is 13.2 Å². The van der Waals surface area contributed by atoms with Crippen LogP contribution in [0.1, 0.15) is 5.01 Å². The van der Waals surface area contributed by atoms with Crippen molar-refractivity contribution in [3.63, 3.8) is 0 Å². The molecule has 6 nitrogen and oxygen atoms in total. The van der Waals surface area contributed by atoms with Crippen molar-refractivity contribution in [2.24, 2.45) is 0 Å². The van der Waals surface area contributed by atoms with E-state index in [2.05, 4.69) is 24.9 Å². The van der Waals surface area contributed by atoms with Gasteiger partial charge in [-0.15, -0.1) is 11.3 Å². The number of imidazole rings is 1. The minimum absolute atomic E-state index is 0.0201. The molecule has 3 heterocycles. The highest BCUT2D eigenvalue weighted by atomic mass is 35.5. The third kappa shape index (κ3) is 2.85. The van der Waals surface area contributed by atoms with E-state index in [4.69, 9.17) is 11.6 Å². The van der Waals surface area contributed by atoms with Crippen LogP contribution in [0.2, 0.25) is 5.28 Å². The second-order valence-electron chi connectivity index (χ2n) is 3.73. The van der Waals surface area contributed by atoms with Gasteiger partial charge in [0.15, 0.2) is 10.8 Å². The van der Waals surface area contributed by atoms with Gasteiger partial charge in [-0.2, -0.15) is 28.1 Å². The van der Waals surface area contributed by atoms with Crippen molar-refractivity contribution in [2.75, 3.05) is 0 Å². The number of halogens is 4. The standard InChI is InChI=1S/C10H4ClF3N6S/c11-8-17-6(5-3-16-7(21-5)10(12,13)14)18-9(19-8)20-2-1-15-4-20/h1-4H. The quantitative estimate of drug-likeness (QED) is 0.721. The molecule has 0 N–H and O–H groups in total. The molecule has 3 rings (SSSR count). The van der Waals surface area contributed by atoms with Crippen LogP contribution in [0.5, 0.6) is 0 Å². The maximum absolute atomic E-state index is 12.6. The van der Waals surface area contributed by atoms with E-state index in [0.29, 0.717) is 11.3 Å². The Morgan fingerprint density at radius 1 is 1.19 bits per heavy atom. The summed E-state index contributed by atoms with van der Waals surface area (Å²) in [4.78, 5) is 19.1. The minimum atomic E-state index is -4.51. The summed E-state index contributed by atoms with van der Waals surface area (Å²) >= 11 is 6.21. The summed E-state index contributed by atoms with van der Waals surface area (Å²) in [7, 11) is 0. The Morgan fingerprint density at radius 2 is 2.00 bits per heavy atom. The van der Waals surface area contributed by atoms with E-state index in [0.717, 1.165) is 6.20 Å². The Bertz CT molecular complexity index is 769. The van der Waals surface area contributed by atoms with E-state index >= 15 is 0 Å². The first-order chi connectivity index (χ1) is 9.93. The summed E-state index contributed by atoms with van der Waals surface area (Å²) in [6.07, 6.45) is 1.06. The Hall–Kier alpha value is -2.07. The molecule has 0 amide bonds. The zero-order chi connectivity index (χ0) is 15.0. The van der Waals surface area contributed by atoms with Crippen molar-refractivity contribution >= 4 is 22.9 Å². The summed E-state index contributed by atoms with van der Waals surface area (Å²) in [5.41, 5.74) is 0. The second kappa shape index (κ2) is 5.04. The van der Waals surface area contributed by atoms with Crippen molar-refractivity contribution in [3.8, 4) is 16.6 Å². The number of hydrogen-bond acceptors (Lipinski definition) is 6. The molecule has 108 valence electrons. The average molecular weight is 333 g/mol. The van der Waals surface area contributed by atoms with Gasteiger partial charge < -0.3 is 0 Å². The lowest BCUT2D eigenvalue weighted by atomic mass is 10.5. The third-order valence-electron chi connectivity index (χ3n) is 2.30. The predicted molar refractivity (Wildman–Crippen MR) is 68.1 cm³/mol. The first-order valence-corrected chi connectivity index (χ1v) is 6.56. The van der Waals surface area contributed by atoms with Crippen molar-refractivity contribution in [3.05, 3.63) is 35.2 Å². The fourth-order valence-corrected chi connectivity index (χ4v) is 2.32. The minimum Gasteiger partial charge on any atom is -0.274 e. The Kier molecular flexibility index (Phi) is 3.33. The molecule has 0 unspecified atom stereocenters. The summed E-state index contributed by atoms with van der Waals surface area (Å²) in [6.45, 7) is 0. The van der Waals surface area contributed by atoms with Crippen LogP contribution in [0.4, 0.5) is 13.2 Å². The molecule has 0 fully saturated rings. The largest absolute Gasteiger partial charge is 0.443 e. The molecule has 0 aromatic carbocycles. The lowest BCUT2D eigenvalue weighted by Crippen LogP contribution is -2.03. The van der Waals surface area contributed by atoms with E-state index in [-0.39, 0.29) is 21.9 Å². The van der Waals surface area contributed by atoms with Gasteiger partial charge in [0.05, 0.1) is 4.88 Å². The van der Waals surface area contributed by atoms with Gasteiger partial charge in [0.1, 0.15) is 6.33 Å². The maximum atomic E-state index is 12.6. The molecule has 0 saturated carbocycles. The maximum Gasteiger partial charge on any atom is 0.443 e. The zero-order valence-corrected chi connectivity index (χ0v) is 11.5. The normalized spacial score (nSPS) is 11.8. The fraction of sp³-hybridized carbons (Fsp3) is 0.100. The smallest absolute Gasteiger partial charge is 0.274 e. The van der Waals surface area contributed by atoms with Crippen LogP contribution in [-0.4, -0.2) is 29.5 Å². The van der Waals surface area contributed by atoms with Gasteiger partial charge in [0, 0.05) is 18.6 Å². The molecule has 0 aliphatic carbocycles. The molecule has 0 atom stereocenters. The highest BCUT2D eigenvalue weighted by molar-refractivity contribution is 7.15. The molecule has 0 bridgehead atoms. The van der Waals surface area contributed by atoms with Crippen LogP contribution in [0, 0.1) is 0 Å². The molecule has 21 heavy (non-hydrogen) atoms. The third-order valence-corrected chi connectivity index (χ3v) is 3.51. The Balaban J connectivity index is 2.05. The predicted octanol–water partition coefficient (Wildman–Crippen LogP) is 2.85. The van der Waals surface area contributed by atoms with Crippen LogP contribution in [0.15, 0.2) is 24.9 Å². The monoisotopic (exact) mass is 332 g/mol. The molecule has 0 saturated heterocycles. The number of alkyl halides is 3. The lowest BCUT2D eigenvalue weighted by molar-refractivity contribution is -0.137. The fourth-order valence-electron chi connectivity index (χ4n) is 1.45. The van der Waals surface area contributed by atoms with Crippen molar-refractivity contribution in [2.45, 2.75) is 6.18 Å². The van der Waals surface area contributed by atoms with Crippen molar-refractivity contribution in [1.82, 2.24) is 29.5 Å². The van der Waals surface area contributed by atoms with Crippen LogP contribution in [0.3, 0.4) is 0 Å². The van der Waals surface area contributed by atoms with E-state index in [1.165, 1.54) is 17.1 Å². The van der Waals surface area contributed by atoms with Gasteiger partial charge in [-0.05, 0) is 11.6 Å². The molecular formula is C10H4ClF3N6S. The molecule has 0 radical (unpaired) electrons. The summed E-state index contributed by atoms with van der Waals surface area (Å²) in [6, 6.07) is 0. The van der Waals surface area contributed by atoms with E-state index < -0.39 is 11.2 Å². The number of rotatable bonds is 2. The summed E-state index contributed by atoms with van der Waals surface area (Å²) < 4.78 is 39.1. The number of hydrogen-bond donors (Lipinski definition) is 0. The number of thiazole rings is 1. The van der Waals surface area contributed by atoms with Gasteiger partial charge in [0.2, 0.25) is 11.2 Å². The lowest BCUT2D eigenvalue weighted by Gasteiger charge is -2.02.